The van der Waals surface area contributed by atoms with E-state index in [9.17, 15) is 19.8 Å². The van der Waals surface area contributed by atoms with Crippen LogP contribution in [0, 0.1) is 5.92 Å². The molecule has 9 nitrogen and oxygen atoms in total. The number of aliphatic hydroxyl groups is 1. The van der Waals surface area contributed by atoms with E-state index in [2.05, 4.69) is 17.4 Å². The van der Waals surface area contributed by atoms with Crippen LogP contribution < -0.4 is 5.32 Å². The first-order chi connectivity index (χ1) is 15.5. The first-order valence-electron chi connectivity index (χ1n) is 11.8. The van der Waals surface area contributed by atoms with Crippen LogP contribution >= 0.6 is 0 Å². The minimum atomic E-state index is -1.10. The third-order valence-electron chi connectivity index (χ3n) is 6.53. The number of fused-ring (bicyclic) bond motifs is 1. The van der Waals surface area contributed by atoms with Gasteiger partial charge in [0.05, 0.1) is 0 Å². The summed E-state index contributed by atoms with van der Waals surface area (Å²) in [7, 11) is 0. The van der Waals surface area contributed by atoms with Gasteiger partial charge in [0.2, 0.25) is 0 Å². The summed E-state index contributed by atoms with van der Waals surface area (Å²) in [6.07, 6.45) is 5.00. The molecule has 1 saturated carbocycles. The highest BCUT2D eigenvalue weighted by molar-refractivity contribution is 5.74. The lowest BCUT2D eigenvalue weighted by Crippen LogP contribution is -2.54. The topological polar surface area (TPSA) is 115 Å². The Morgan fingerprint density at radius 1 is 1.28 bits per heavy atom. The Labute approximate surface area is 189 Å². The van der Waals surface area contributed by atoms with Crippen molar-refractivity contribution in [1.82, 2.24) is 14.9 Å². The second-order valence-corrected chi connectivity index (χ2v) is 8.63. The van der Waals surface area contributed by atoms with Gasteiger partial charge in [-0.05, 0) is 76.3 Å². The molecule has 0 spiro atoms. The third-order valence-corrected chi connectivity index (χ3v) is 6.53. The molecule has 1 aliphatic heterocycles. The number of carbonyl (C=O) groups excluding carboxylic acids is 1. The number of nitrogens with one attached hydrogen (secondary N) is 1. The molecule has 1 aliphatic carbocycles. The maximum atomic E-state index is 12.5. The number of pyridine rings is 1. The van der Waals surface area contributed by atoms with E-state index >= 15 is 0 Å². The van der Waals surface area contributed by atoms with E-state index in [1.165, 1.54) is 15.5 Å². The molecule has 1 aromatic heterocycles. The number of nitrogens with zero attached hydrogens (tertiary/aromatic N) is 3. The second kappa shape index (κ2) is 11.5. The summed E-state index contributed by atoms with van der Waals surface area (Å²) in [5, 5.41) is 23.7. The molecule has 9 heteroatoms. The standard InChI is InChI=1S/C23H36N4O5/c1-3-26(4-2)23(31)32-27(20(11-13-28)22(29)30)19-14-16(15-19)7-9-18-10-8-17-6-5-12-24-21(17)25-18/h8,10,16,19-20,28H,3-7,9,11-15H2,1-2H3,(H,24,25)(H,29,30)/t16?,19?,20-/m0/s1. The van der Waals surface area contributed by atoms with Crippen LogP contribution in [0.4, 0.5) is 10.6 Å². The number of aliphatic hydroxyl groups excluding tert-OH is 1. The van der Waals surface area contributed by atoms with Gasteiger partial charge in [-0.3, -0.25) is 4.79 Å². The molecule has 3 N–H and O–H groups in total. The maximum absolute atomic E-state index is 12.5. The number of carboxylic acid groups (broad SMARTS) is 1. The normalized spacial score (nSPS) is 20.6. The average molecular weight is 449 g/mol. The fraction of sp³-hybridized carbons (Fsp3) is 0.696. The highest BCUT2D eigenvalue weighted by Gasteiger charge is 2.42. The number of carbonyl (C=O) groups is 2. The van der Waals surface area contributed by atoms with Gasteiger partial charge in [0, 0.05) is 38.0 Å². The van der Waals surface area contributed by atoms with Gasteiger partial charge in [-0.1, -0.05) is 6.07 Å². The van der Waals surface area contributed by atoms with Gasteiger partial charge in [0.25, 0.3) is 0 Å². The Hall–Kier alpha value is -2.39. The Balaban J connectivity index is 1.57. The Morgan fingerprint density at radius 2 is 2.03 bits per heavy atom. The van der Waals surface area contributed by atoms with E-state index < -0.39 is 18.1 Å². The zero-order chi connectivity index (χ0) is 23.1. The van der Waals surface area contributed by atoms with Crippen molar-refractivity contribution in [3.8, 4) is 0 Å². The lowest BCUT2D eigenvalue weighted by molar-refractivity contribution is -0.207. The number of hydrogen-bond acceptors (Lipinski definition) is 7. The van der Waals surface area contributed by atoms with E-state index in [4.69, 9.17) is 9.82 Å². The fourth-order valence-corrected chi connectivity index (χ4v) is 4.51. The Kier molecular flexibility index (Phi) is 8.69. The van der Waals surface area contributed by atoms with Crippen molar-refractivity contribution in [2.45, 2.75) is 70.9 Å². The summed E-state index contributed by atoms with van der Waals surface area (Å²) in [4.78, 5) is 36.1. The van der Waals surface area contributed by atoms with Crippen molar-refractivity contribution >= 4 is 17.9 Å². The van der Waals surface area contributed by atoms with Gasteiger partial charge in [-0.2, -0.15) is 0 Å². The number of aromatic nitrogens is 1. The molecule has 2 aliphatic rings. The lowest BCUT2D eigenvalue weighted by Gasteiger charge is -2.44. The predicted molar refractivity (Wildman–Crippen MR) is 120 cm³/mol. The highest BCUT2D eigenvalue weighted by atomic mass is 16.7. The molecule has 1 fully saturated rings. The molecule has 0 aromatic carbocycles. The molecular formula is C23H36N4O5. The molecular weight excluding hydrogens is 412 g/mol. The Morgan fingerprint density at radius 3 is 2.69 bits per heavy atom. The van der Waals surface area contributed by atoms with E-state index in [0.717, 1.165) is 56.6 Å². The van der Waals surface area contributed by atoms with Crippen LogP contribution in [-0.4, -0.2) is 75.5 Å². The molecule has 1 amide bonds. The van der Waals surface area contributed by atoms with E-state index in [1.807, 2.05) is 13.8 Å². The van der Waals surface area contributed by atoms with Gasteiger partial charge in [-0.25, -0.2) is 9.78 Å². The molecule has 1 atom stereocenters. The lowest BCUT2D eigenvalue weighted by atomic mass is 9.76. The maximum Gasteiger partial charge on any atom is 0.428 e. The largest absolute Gasteiger partial charge is 0.480 e. The van der Waals surface area contributed by atoms with Crippen LogP contribution in [0.25, 0.3) is 0 Å². The molecule has 2 heterocycles. The number of carboxylic acids is 1. The van der Waals surface area contributed by atoms with Gasteiger partial charge in [-0.15, -0.1) is 5.06 Å². The average Bonchev–Trinajstić information content (AvgIpc) is 2.76. The van der Waals surface area contributed by atoms with Crippen molar-refractivity contribution in [3.63, 3.8) is 0 Å². The summed E-state index contributed by atoms with van der Waals surface area (Å²) >= 11 is 0. The number of aliphatic carboxylic acids is 1. The molecule has 0 bridgehead atoms. The van der Waals surface area contributed by atoms with Gasteiger partial charge in [0.15, 0.2) is 0 Å². The van der Waals surface area contributed by atoms with Crippen LogP contribution in [0.1, 0.15) is 57.2 Å². The van der Waals surface area contributed by atoms with Crippen LogP contribution in [0.15, 0.2) is 12.1 Å². The van der Waals surface area contributed by atoms with E-state index in [0.29, 0.717) is 19.0 Å². The van der Waals surface area contributed by atoms with Crippen LogP contribution in [0.2, 0.25) is 0 Å². The number of rotatable bonds is 11. The van der Waals surface area contributed by atoms with Crippen LogP contribution in [0.3, 0.4) is 0 Å². The molecule has 178 valence electrons. The zero-order valence-electron chi connectivity index (χ0n) is 19.1. The molecule has 32 heavy (non-hydrogen) atoms. The molecule has 1 aromatic rings. The van der Waals surface area contributed by atoms with Gasteiger partial charge >= 0.3 is 12.1 Å². The molecule has 3 rings (SSSR count). The second-order valence-electron chi connectivity index (χ2n) is 8.63. The number of aryl methyl sites for hydroxylation is 2. The third kappa shape index (κ3) is 5.89. The SMILES string of the molecule is CCN(CC)C(=O)ON(C1CC(CCc2ccc3c(n2)NCCC3)C1)[C@@H](CCO)C(=O)O. The summed E-state index contributed by atoms with van der Waals surface area (Å²) in [6.45, 7) is 5.34. The summed E-state index contributed by atoms with van der Waals surface area (Å²) in [5.41, 5.74) is 2.34. The first kappa shape index (κ1) is 24.3. The van der Waals surface area contributed by atoms with E-state index in [-0.39, 0.29) is 19.1 Å². The van der Waals surface area contributed by atoms with Crippen molar-refractivity contribution in [3.05, 3.63) is 23.4 Å². The van der Waals surface area contributed by atoms with Gasteiger partial charge < -0.3 is 25.3 Å². The quantitative estimate of drug-likeness (QED) is 0.443. The van der Waals surface area contributed by atoms with Crippen LogP contribution in [-0.2, 0) is 22.5 Å². The van der Waals surface area contributed by atoms with Crippen molar-refractivity contribution in [1.29, 1.82) is 0 Å². The smallest absolute Gasteiger partial charge is 0.428 e. The fourth-order valence-electron chi connectivity index (χ4n) is 4.51. The van der Waals surface area contributed by atoms with Crippen molar-refractivity contribution in [2.75, 3.05) is 31.6 Å². The van der Waals surface area contributed by atoms with E-state index in [1.54, 1.807) is 0 Å². The zero-order valence-corrected chi connectivity index (χ0v) is 19.1. The number of hydroxylamine groups is 2. The van der Waals surface area contributed by atoms with Crippen molar-refractivity contribution in [2.24, 2.45) is 5.92 Å². The number of anilines is 1. The monoisotopic (exact) mass is 448 g/mol. The molecule has 0 unspecified atom stereocenters. The molecule has 0 radical (unpaired) electrons. The van der Waals surface area contributed by atoms with Gasteiger partial charge in [0.1, 0.15) is 11.9 Å². The number of amides is 1. The van der Waals surface area contributed by atoms with Crippen LogP contribution in [0.5, 0.6) is 0 Å². The minimum Gasteiger partial charge on any atom is -0.480 e. The molecule has 0 saturated heterocycles. The number of hydrogen-bond donors (Lipinski definition) is 3. The first-order valence-corrected chi connectivity index (χ1v) is 11.8. The predicted octanol–water partition coefficient (Wildman–Crippen LogP) is 2.68. The van der Waals surface area contributed by atoms with Crippen molar-refractivity contribution < 1.29 is 24.6 Å². The summed E-state index contributed by atoms with van der Waals surface area (Å²) < 4.78 is 0. The highest BCUT2D eigenvalue weighted by Crippen LogP contribution is 2.37. The summed E-state index contributed by atoms with van der Waals surface area (Å²) in [6, 6.07) is 3.04. The Bertz CT molecular complexity index is 780. The minimum absolute atomic E-state index is 0.00801. The summed E-state index contributed by atoms with van der Waals surface area (Å²) in [5.74, 6) is 0.327.